The van der Waals surface area contributed by atoms with Crippen molar-refractivity contribution in [2.24, 2.45) is 5.41 Å². The van der Waals surface area contributed by atoms with Crippen molar-refractivity contribution in [1.82, 2.24) is 0 Å². The molecule has 1 N–H and O–H groups in total. The van der Waals surface area contributed by atoms with E-state index in [0.29, 0.717) is 12.0 Å². The van der Waals surface area contributed by atoms with E-state index >= 15 is 0 Å². The van der Waals surface area contributed by atoms with Crippen molar-refractivity contribution >= 4 is 0 Å². The van der Waals surface area contributed by atoms with Gasteiger partial charge in [0.05, 0.1) is 6.61 Å². The molecule has 0 aliphatic heterocycles. The van der Waals surface area contributed by atoms with Crippen molar-refractivity contribution < 1.29 is 13.9 Å². The van der Waals surface area contributed by atoms with Gasteiger partial charge in [-0.05, 0) is 24.1 Å². The van der Waals surface area contributed by atoms with Crippen molar-refractivity contribution in [3.63, 3.8) is 0 Å². The molecule has 3 heteroatoms. The average molecular weight is 212 g/mol. The van der Waals surface area contributed by atoms with Crippen LogP contribution in [0.2, 0.25) is 0 Å². The highest BCUT2D eigenvalue weighted by Crippen LogP contribution is 2.23. The van der Waals surface area contributed by atoms with E-state index in [4.69, 9.17) is 5.11 Å². The Bertz CT molecular complexity index is 342. The van der Waals surface area contributed by atoms with Crippen LogP contribution in [-0.2, 0) is 6.42 Å². The van der Waals surface area contributed by atoms with Gasteiger partial charge in [-0.25, -0.2) is 8.78 Å². The van der Waals surface area contributed by atoms with Crippen molar-refractivity contribution in [2.45, 2.75) is 13.3 Å². The number of halogens is 2. The Balaban J connectivity index is 2.93. The highest BCUT2D eigenvalue weighted by Gasteiger charge is 2.20. The van der Waals surface area contributed by atoms with Crippen LogP contribution < -0.4 is 0 Å². The first-order valence-corrected chi connectivity index (χ1v) is 4.68. The zero-order valence-corrected chi connectivity index (χ0v) is 8.63. The Kier molecular flexibility index (Phi) is 3.58. The van der Waals surface area contributed by atoms with Gasteiger partial charge in [0, 0.05) is 11.5 Å². The molecule has 1 rings (SSSR count). The summed E-state index contributed by atoms with van der Waals surface area (Å²) in [6.07, 6.45) is 1.96. The van der Waals surface area contributed by atoms with Gasteiger partial charge in [-0.1, -0.05) is 13.0 Å². The van der Waals surface area contributed by atoms with Gasteiger partial charge < -0.3 is 5.11 Å². The molecule has 0 aliphatic rings. The second-order valence-electron chi connectivity index (χ2n) is 3.97. The third kappa shape index (κ3) is 3.13. The van der Waals surface area contributed by atoms with Gasteiger partial charge in [-0.3, -0.25) is 0 Å². The highest BCUT2D eigenvalue weighted by atomic mass is 19.1. The van der Waals surface area contributed by atoms with E-state index in [2.05, 4.69) is 6.58 Å². The minimum Gasteiger partial charge on any atom is -0.395 e. The van der Waals surface area contributed by atoms with Crippen LogP contribution in [0.3, 0.4) is 0 Å². The molecule has 0 radical (unpaired) electrons. The zero-order valence-electron chi connectivity index (χ0n) is 8.63. The molecule has 0 heterocycles. The molecule has 1 atom stereocenters. The first kappa shape index (κ1) is 11.9. The van der Waals surface area contributed by atoms with Gasteiger partial charge >= 0.3 is 0 Å². The third-order valence-electron chi connectivity index (χ3n) is 2.38. The lowest BCUT2D eigenvalue weighted by molar-refractivity contribution is 0.184. The summed E-state index contributed by atoms with van der Waals surface area (Å²) in [6.45, 7) is 5.28. The molecular weight excluding hydrogens is 198 g/mol. The van der Waals surface area contributed by atoms with Crippen LogP contribution in [0.4, 0.5) is 8.78 Å². The van der Waals surface area contributed by atoms with E-state index in [1.165, 1.54) is 12.1 Å². The lowest BCUT2D eigenvalue weighted by Gasteiger charge is -2.22. The van der Waals surface area contributed by atoms with E-state index in [1.54, 1.807) is 13.0 Å². The summed E-state index contributed by atoms with van der Waals surface area (Å²) in [6, 6.07) is 3.36. The standard InChI is InChI=1S/C12H14F2O/c1-3-12(2,8-15)7-9-4-10(13)6-11(14)5-9/h3-6,15H,1,7-8H2,2H3. The molecule has 82 valence electrons. The van der Waals surface area contributed by atoms with Crippen LogP contribution in [0.15, 0.2) is 30.9 Å². The molecular formula is C12H14F2O. The Labute approximate surface area is 88.1 Å². The van der Waals surface area contributed by atoms with Crippen LogP contribution in [0, 0.1) is 17.0 Å². The Morgan fingerprint density at radius 3 is 2.27 bits per heavy atom. The predicted molar refractivity (Wildman–Crippen MR) is 55.5 cm³/mol. The van der Waals surface area contributed by atoms with Gasteiger partial charge in [0.15, 0.2) is 0 Å². The van der Waals surface area contributed by atoms with Crippen molar-refractivity contribution in [2.75, 3.05) is 6.61 Å². The number of hydrogen-bond acceptors (Lipinski definition) is 1. The third-order valence-corrected chi connectivity index (χ3v) is 2.38. The lowest BCUT2D eigenvalue weighted by atomic mass is 9.84. The predicted octanol–water partition coefficient (Wildman–Crippen LogP) is 2.69. The first-order valence-electron chi connectivity index (χ1n) is 4.68. The maximum atomic E-state index is 12.9. The van der Waals surface area contributed by atoms with E-state index in [0.717, 1.165) is 6.07 Å². The summed E-state index contributed by atoms with van der Waals surface area (Å²) >= 11 is 0. The monoisotopic (exact) mass is 212 g/mol. The van der Waals surface area contributed by atoms with Gasteiger partial charge in [0.1, 0.15) is 11.6 Å². The minimum atomic E-state index is -0.602. The number of aliphatic hydroxyl groups excluding tert-OH is 1. The van der Waals surface area contributed by atoms with Crippen LogP contribution >= 0.6 is 0 Å². The zero-order chi connectivity index (χ0) is 11.5. The second-order valence-corrected chi connectivity index (χ2v) is 3.97. The lowest BCUT2D eigenvalue weighted by Crippen LogP contribution is -2.21. The molecule has 1 aromatic rings. The highest BCUT2D eigenvalue weighted by molar-refractivity contribution is 5.20. The SMILES string of the molecule is C=CC(C)(CO)Cc1cc(F)cc(F)c1. The minimum absolute atomic E-state index is 0.103. The molecule has 0 saturated carbocycles. The molecule has 0 fully saturated rings. The molecule has 0 aliphatic carbocycles. The molecule has 0 amide bonds. The van der Waals surface area contributed by atoms with Gasteiger partial charge in [0.25, 0.3) is 0 Å². The maximum Gasteiger partial charge on any atom is 0.126 e. The Hall–Kier alpha value is -1.22. The van der Waals surface area contributed by atoms with Gasteiger partial charge in [-0.15, -0.1) is 6.58 Å². The van der Waals surface area contributed by atoms with Crippen LogP contribution in [0.1, 0.15) is 12.5 Å². The normalized spacial score (nSPS) is 14.7. The van der Waals surface area contributed by atoms with Crippen LogP contribution in [0.5, 0.6) is 0 Å². The average Bonchev–Trinajstić information content (AvgIpc) is 2.16. The molecule has 1 aromatic carbocycles. The summed E-state index contributed by atoms with van der Waals surface area (Å²) in [5.74, 6) is -1.20. The summed E-state index contributed by atoms with van der Waals surface area (Å²) in [4.78, 5) is 0. The first-order chi connectivity index (χ1) is 6.99. The van der Waals surface area contributed by atoms with Crippen molar-refractivity contribution in [1.29, 1.82) is 0 Å². The van der Waals surface area contributed by atoms with Crippen LogP contribution in [0.25, 0.3) is 0 Å². The molecule has 1 nitrogen and oxygen atoms in total. The topological polar surface area (TPSA) is 20.2 Å². The van der Waals surface area contributed by atoms with E-state index in [1.807, 2.05) is 0 Å². The quantitative estimate of drug-likeness (QED) is 0.761. The summed E-state index contributed by atoms with van der Waals surface area (Å²) in [5.41, 5.74) is -0.0239. The van der Waals surface area contributed by atoms with Gasteiger partial charge in [0.2, 0.25) is 0 Å². The van der Waals surface area contributed by atoms with E-state index in [-0.39, 0.29) is 6.61 Å². The van der Waals surface area contributed by atoms with Crippen LogP contribution in [-0.4, -0.2) is 11.7 Å². The smallest absolute Gasteiger partial charge is 0.126 e. The Morgan fingerprint density at radius 1 is 1.33 bits per heavy atom. The van der Waals surface area contributed by atoms with Crippen molar-refractivity contribution in [3.05, 3.63) is 48.1 Å². The second kappa shape index (κ2) is 4.53. The number of benzene rings is 1. The summed E-state index contributed by atoms with van der Waals surface area (Å²) < 4.78 is 25.8. The van der Waals surface area contributed by atoms with E-state index in [9.17, 15) is 8.78 Å². The number of aliphatic hydroxyl groups is 1. The summed E-state index contributed by atoms with van der Waals surface area (Å²) in [5, 5.41) is 9.13. The summed E-state index contributed by atoms with van der Waals surface area (Å²) in [7, 11) is 0. The number of hydrogen-bond donors (Lipinski definition) is 1. The maximum absolute atomic E-state index is 12.9. The van der Waals surface area contributed by atoms with E-state index < -0.39 is 17.0 Å². The molecule has 0 bridgehead atoms. The largest absolute Gasteiger partial charge is 0.395 e. The fraction of sp³-hybridized carbons (Fsp3) is 0.333. The molecule has 1 unspecified atom stereocenters. The molecule has 0 aromatic heterocycles. The molecule has 0 saturated heterocycles. The number of rotatable bonds is 4. The fourth-order valence-electron chi connectivity index (χ4n) is 1.37. The Morgan fingerprint density at radius 2 is 1.87 bits per heavy atom. The molecule has 0 spiro atoms. The fourth-order valence-corrected chi connectivity index (χ4v) is 1.37. The molecule has 15 heavy (non-hydrogen) atoms. The van der Waals surface area contributed by atoms with Gasteiger partial charge in [-0.2, -0.15) is 0 Å². The van der Waals surface area contributed by atoms with Crippen molar-refractivity contribution in [3.8, 4) is 0 Å².